The molecule has 5 heteroatoms. The fourth-order valence-corrected chi connectivity index (χ4v) is 6.22. The van der Waals surface area contributed by atoms with E-state index in [1.165, 1.54) is 94.8 Å². The third kappa shape index (κ3) is 8.55. The van der Waals surface area contributed by atoms with Gasteiger partial charge in [0.2, 0.25) is 0 Å². The van der Waals surface area contributed by atoms with Gasteiger partial charge in [-0.05, 0) is 37.5 Å². The predicted molar refractivity (Wildman–Crippen MR) is 163 cm³/mol. The van der Waals surface area contributed by atoms with Crippen LogP contribution in [-0.2, 0) is 4.74 Å². The second-order valence-electron chi connectivity index (χ2n) is 11.9. The largest absolute Gasteiger partial charge is 0.490 e. The minimum absolute atomic E-state index is 0.115. The highest BCUT2D eigenvalue weighted by Gasteiger charge is 2.33. The zero-order valence-corrected chi connectivity index (χ0v) is 24.9. The molecule has 0 aliphatic carbocycles. The molecule has 2 aliphatic heterocycles. The Labute approximate surface area is 242 Å². The van der Waals surface area contributed by atoms with Crippen molar-refractivity contribution in [3.05, 3.63) is 41.5 Å². The lowest BCUT2D eigenvalue weighted by Gasteiger charge is -2.28. The standard InChI is InChI=1S/C35H51NO4/c1-2-3-4-5-6-7-8-9-10-11-12-13-14-15-16-17-25-36-34(37)30-22-18-21-29-32(40-27-28-20-19-26-39-28)24-23-31(33(29)30)35(36)38/h18,21-24,28H,2-17,19-20,25-27H2,1H3. The number of benzene rings is 2. The van der Waals surface area contributed by atoms with Crippen LogP contribution in [0, 0.1) is 0 Å². The lowest BCUT2D eigenvalue weighted by Crippen LogP contribution is -2.40. The summed E-state index contributed by atoms with van der Waals surface area (Å²) in [5.41, 5.74) is 1.21. The second kappa shape index (κ2) is 16.8. The first-order valence-electron chi connectivity index (χ1n) is 16.4. The molecule has 1 fully saturated rings. The van der Waals surface area contributed by atoms with Crippen molar-refractivity contribution in [1.29, 1.82) is 0 Å². The number of rotatable bonds is 20. The van der Waals surface area contributed by atoms with Crippen LogP contribution in [0.3, 0.4) is 0 Å². The van der Waals surface area contributed by atoms with Gasteiger partial charge >= 0.3 is 0 Å². The molecule has 1 saturated heterocycles. The van der Waals surface area contributed by atoms with Gasteiger partial charge in [0.05, 0.1) is 6.10 Å². The lowest BCUT2D eigenvalue weighted by atomic mass is 9.93. The van der Waals surface area contributed by atoms with Crippen molar-refractivity contribution < 1.29 is 19.1 Å². The number of hydrogen-bond acceptors (Lipinski definition) is 4. The van der Waals surface area contributed by atoms with E-state index in [1.807, 2.05) is 30.3 Å². The van der Waals surface area contributed by atoms with Gasteiger partial charge in [-0.1, -0.05) is 115 Å². The molecule has 4 rings (SSSR count). The van der Waals surface area contributed by atoms with Crippen LogP contribution in [-0.4, -0.2) is 42.6 Å². The number of carbonyl (C=O) groups excluding carboxylic acids is 2. The molecule has 0 saturated carbocycles. The molecule has 1 atom stereocenters. The highest BCUT2D eigenvalue weighted by atomic mass is 16.5. The van der Waals surface area contributed by atoms with E-state index in [-0.39, 0.29) is 17.9 Å². The molecule has 2 aromatic rings. The molecule has 220 valence electrons. The van der Waals surface area contributed by atoms with E-state index in [1.54, 1.807) is 0 Å². The fraction of sp³-hybridized carbons (Fsp3) is 0.657. The van der Waals surface area contributed by atoms with Crippen molar-refractivity contribution in [2.75, 3.05) is 19.8 Å². The van der Waals surface area contributed by atoms with Gasteiger partial charge in [0.25, 0.3) is 11.8 Å². The molecule has 0 aromatic heterocycles. The molecule has 0 radical (unpaired) electrons. The number of amides is 2. The molecular formula is C35H51NO4. The van der Waals surface area contributed by atoms with E-state index in [0.717, 1.165) is 43.1 Å². The maximum Gasteiger partial charge on any atom is 0.261 e. The molecule has 0 spiro atoms. The van der Waals surface area contributed by atoms with E-state index in [9.17, 15) is 9.59 Å². The lowest BCUT2D eigenvalue weighted by molar-refractivity contribution is 0.0606. The Morgan fingerprint density at radius 2 is 1.32 bits per heavy atom. The summed E-state index contributed by atoms with van der Waals surface area (Å²) in [7, 11) is 0. The minimum Gasteiger partial charge on any atom is -0.490 e. The molecule has 0 bridgehead atoms. The number of ether oxygens (including phenoxy) is 2. The number of nitrogens with zero attached hydrogens (tertiary/aromatic N) is 1. The van der Waals surface area contributed by atoms with Crippen LogP contribution < -0.4 is 4.74 Å². The van der Waals surface area contributed by atoms with Crippen LogP contribution in [0.15, 0.2) is 30.3 Å². The third-order valence-corrected chi connectivity index (χ3v) is 8.64. The summed E-state index contributed by atoms with van der Waals surface area (Å²) >= 11 is 0. The maximum atomic E-state index is 13.3. The third-order valence-electron chi connectivity index (χ3n) is 8.64. The number of unbranched alkanes of at least 4 members (excludes halogenated alkanes) is 15. The predicted octanol–water partition coefficient (Wildman–Crippen LogP) is 9.26. The number of imide groups is 1. The molecule has 1 unspecified atom stereocenters. The van der Waals surface area contributed by atoms with E-state index < -0.39 is 0 Å². The van der Waals surface area contributed by atoms with Gasteiger partial charge in [0.15, 0.2) is 0 Å². The Morgan fingerprint density at radius 3 is 1.90 bits per heavy atom. The summed E-state index contributed by atoms with van der Waals surface area (Å²) in [6, 6.07) is 9.37. The quantitative estimate of drug-likeness (QED) is 0.122. The molecule has 40 heavy (non-hydrogen) atoms. The first-order chi connectivity index (χ1) is 19.7. The first kappa shape index (κ1) is 30.6. The first-order valence-corrected chi connectivity index (χ1v) is 16.4. The van der Waals surface area contributed by atoms with Crippen LogP contribution in [0.25, 0.3) is 10.8 Å². The zero-order valence-electron chi connectivity index (χ0n) is 24.9. The van der Waals surface area contributed by atoms with Crippen molar-refractivity contribution in [1.82, 2.24) is 4.90 Å². The van der Waals surface area contributed by atoms with Crippen LogP contribution in [0.1, 0.15) is 143 Å². The topological polar surface area (TPSA) is 55.8 Å². The Hall–Kier alpha value is -2.40. The molecular weight excluding hydrogens is 498 g/mol. The van der Waals surface area contributed by atoms with Gasteiger partial charge in [0.1, 0.15) is 12.4 Å². The number of carbonyl (C=O) groups is 2. The molecule has 2 aliphatic rings. The van der Waals surface area contributed by atoms with Gasteiger partial charge < -0.3 is 9.47 Å². The van der Waals surface area contributed by atoms with Gasteiger partial charge in [-0.3, -0.25) is 14.5 Å². The molecule has 2 aromatic carbocycles. The van der Waals surface area contributed by atoms with Crippen LogP contribution in [0.2, 0.25) is 0 Å². The Kier molecular flexibility index (Phi) is 12.8. The minimum atomic E-state index is -0.180. The van der Waals surface area contributed by atoms with Gasteiger partial charge in [-0.15, -0.1) is 0 Å². The monoisotopic (exact) mass is 549 g/mol. The number of hydrogen-bond donors (Lipinski definition) is 0. The zero-order chi connectivity index (χ0) is 28.0. The normalized spacial score (nSPS) is 16.8. The van der Waals surface area contributed by atoms with Gasteiger partial charge in [-0.2, -0.15) is 0 Å². The molecule has 2 amide bonds. The van der Waals surface area contributed by atoms with Crippen molar-refractivity contribution in [2.24, 2.45) is 0 Å². The van der Waals surface area contributed by atoms with E-state index in [0.29, 0.717) is 30.0 Å². The maximum absolute atomic E-state index is 13.3. The van der Waals surface area contributed by atoms with Crippen LogP contribution in [0.4, 0.5) is 0 Å². The van der Waals surface area contributed by atoms with Crippen LogP contribution >= 0.6 is 0 Å². The van der Waals surface area contributed by atoms with Crippen molar-refractivity contribution in [2.45, 2.75) is 129 Å². The summed E-state index contributed by atoms with van der Waals surface area (Å²) < 4.78 is 11.8. The Bertz CT molecular complexity index is 1050. The Balaban J connectivity index is 1.13. The van der Waals surface area contributed by atoms with Gasteiger partial charge in [0, 0.05) is 35.1 Å². The highest BCUT2D eigenvalue weighted by molar-refractivity contribution is 6.26. The average molecular weight is 550 g/mol. The molecule has 5 nitrogen and oxygen atoms in total. The van der Waals surface area contributed by atoms with Crippen molar-refractivity contribution in [3.63, 3.8) is 0 Å². The van der Waals surface area contributed by atoms with Crippen molar-refractivity contribution >= 4 is 22.6 Å². The SMILES string of the molecule is CCCCCCCCCCCCCCCCCCN1C(=O)c2cccc3c(OCC4CCCO4)ccc(c23)C1=O. The van der Waals surface area contributed by atoms with E-state index in [2.05, 4.69) is 6.92 Å². The summed E-state index contributed by atoms with van der Waals surface area (Å²) in [5.74, 6) is 0.351. The average Bonchev–Trinajstić information content (AvgIpc) is 3.50. The molecule has 2 heterocycles. The summed E-state index contributed by atoms with van der Waals surface area (Å²) in [6.45, 7) is 4.05. The summed E-state index contributed by atoms with van der Waals surface area (Å²) in [4.78, 5) is 28.1. The van der Waals surface area contributed by atoms with E-state index in [4.69, 9.17) is 9.47 Å². The fourth-order valence-electron chi connectivity index (χ4n) is 6.22. The summed E-state index contributed by atoms with van der Waals surface area (Å²) in [6.07, 6.45) is 23.1. The smallest absolute Gasteiger partial charge is 0.261 e. The summed E-state index contributed by atoms with van der Waals surface area (Å²) in [5, 5.41) is 1.56. The second-order valence-corrected chi connectivity index (χ2v) is 11.9. The Morgan fingerprint density at radius 1 is 0.750 bits per heavy atom. The van der Waals surface area contributed by atoms with Gasteiger partial charge in [-0.25, -0.2) is 0 Å². The highest BCUT2D eigenvalue weighted by Crippen LogP contribution is 2.36. The van der Waals surface area contributed by atoms with Crippen LogP contribution in [0.5, 0.6) is 5.75 Å². The molecule has 0 N–H and O–H groups in total. The van der Waals surface area contributed by atoms with Crippen molar-refractivity contribution in [3.8, 4) is 5.75 Å². The van der Waals surface area contributed by atoms with E-state index >= 15 is 0 Å².